The molecular formula is C15H23N3O. The van der Waals surface area contributed by atoms with E-state index in [4.69, 9.17) is 0 Å². The van der Waals surface area contributed by atoms with Gasteiger partial charge in [0, 0.05) is 28.2 Å². The molecular weight excluding hydrogens is 238 g/mol. The zero-order chi connectivity index (χ0) is 14.5. The van der Waals surface area contributed by atoms with Crippen LogP contribution in [0, 0.1) is 0 Å². The number of hydrogen-bond acceptors (Lipinski definition) is 2. The highest BCUT2D eigenvalue weighted by molar-refractivity contribution is 5.90. The smallest absolute Gasteiger partial charge is 0.328 e. The van der Waals surface area contributed by atoms with E-state index in [1.807, 2.05) is 28.2 Å². The topological polar surface area (TPSA) is 30.2 Å². The van der Waals surface area contributed by atoms with Crippen molar-refractivity contribution in [1.82, 2.24) is 9.13 Å². The lowest BCUT2D eigenvalue weighted by Crippen LogP contribution is -2.19. The monoisotopic (exact) mass is 261 g/mol. The van der Waals surface area contributed by atoms with Crippen molar-refractivity contribution in [3.8, 4) is 0 Å². The highest BCUT2D eigenvalue weighted by atomic mass is 16.1. The normalized spacial score (nSPS) is 12.2. The molecule has 0 saturated carbocycles. The quantitative estimate of drug-likeness (QED) is 0.788. The molecule has 4 nitrogen and oxygen atoms in total. The van der Waals surface area contributed by atoms with Gasteiger partial charge in [0.2, 0.25) is 0 Å². The molecule has 0 atom stereocenters. The van der Waals surface area contributed by atoms with E-state index in [-0.39, 0.29) is 11.1 Å². The summed E-state index contributed by atoms with van der Waals surface area (Å²) in [6, 6.07) is 4.31. The molecule has 0 spiro atoms. The first kappa shape index (κ1) is 13.7. The van der Waals surface area contributed by atoms with E-state index in [1.165, 1.54) is 5.56 Å². The lowest BCUT2D eigenvalue weighted by Gasteiger charge is -2.23. The van der Waals surface area contributed by atoms with Crippen molar-refractivity contribution in [3.63, 3.8) is 0 Å². The number of aryl methyl sites for hydroxylation is 2. The molecule has 104 valence electrons. The molecule has 0 bridgehead atoms. The fourth-order valence-electron chi connectivity index (χ4n) is 2.40. The highest BCUT2D eigenvalue weighted by Gasteiger charge is 2.20. The summed E-state index contributed by atoms with van der Waals surface area (Å²) >= 11 is 0. The van der Waals surface area contributed by atoms with Crippen molar-refractivity contribution in [1.29, 1.82) is 0 Å². The molecule has 0 aliphatic rings. The largest absolute Gasteiger partial charge is 0.376 e. The lowest BCUT2D eigenvalue weighted by atomic mass is 9.86. The van der Waals surface area contributed by atoms with Crippen molar-refractivity contribution in [3.05, 3.63) is 28.2 Å². The van der Waals surface area contributed by atoms with Crippen LogP contribution in [0.15, 0.2) is 16.9 Å². The number of nitrogens with zero attached hydrogens (tertiary/aromatic N) is 3. The second-order valence-corrected chi connectivity index (χ2v) is 6.41. The van der Waals surface area contributed by atoms with Gasteiger partial charge in [0.25, 0.3) is 0 Å². The Kier molecular flexibility index (Phi) is 3.00. The maximum Gasteiger partial charge on any atom is 0.328 e. The summed E-state index contributed by atoms with van der Waals surface area (Å²) in [6.07, 6.45) is 0. The minimum absolute atomic E-state index is 0.0177. The van der Waals surface area contributed by atoms with Crippen molar-refractivity contribution < 1.29 is 0 Å². The van der Waals surface area contributed by atoms with Crippen LogP contribution in [0.25, 0.3) is 11.0 Å². The summed E-state index contributed by atoms with van der Waals surface area (Å²) in [4.78, 5) is 14.2. The first-order valence-electron chi connectivity index (χ1n) is 6.52. The molecule has 0 radical (unpaired) electrons. The molecule has 0 amide bonds. The summed E-state index contributed by atoms with van der Waals surface area (Å²) in [7, 11) is 7.68. The molecule has 19 heavy (non-hydrogen) atoms. The predicted molar refractivity (Wildman–Crippen MR) is 81.2 cm³/mol. The Morgan fingerprint density at radius 2 is 1.63 bits per heavy atom. The Bertz CT molecular complexity index is 684. The number of benzene rings is 1. The summed E-state index contributed by atoms with van der Waals surface area (Å²) in [6.45, 7) is 6.57. The first-order valence-corrected chi connectivity index (χ1v) is 6.52. The standard InChI is InChI=1S/C15H23N3O/c1-15(2,3)10-8-11(16(4)5)13-12(9-10)17(6)14(19)18(13)7/h8-9H,1-7H3. The van der Waals surface area contributed by atoms with E-state index in [1.54, 1.807) is 9.13 Å². The molecule has 4 heteroatoms. The molecule has 0 unspecified atom stereocenters. The van der Waals surface area contributed by atoms with Gasteiger partial charge in [-0.05, 0) is 23.1 Å². The molecule has 0 N–H and O–H groups in total. The number of anilines is 1. The molecule has 2 aromatic rings. The van der Waals surface area contributed by atoms with Crippen LogP contribution in [0.1, 0.15) is 26.3 Å². The summed E-state index contributed by atoms with van der Waals surface area (Å²) < 4.78 is 3.44. The number of aromatic nitrogens is 2. The van der Waals surface area contributed by atoms with Gasteiger partial charge in [-0.15, -0.1) is 0 Å². The van der Waals surface area contributed by atoms with Crippen molar-refractivity contribution in [2.24, 2.45) is 14.1 Å². The average Bonchev–Trinajstić information content (AvgIpc) is 2.52. The molecule has 0 aliphatic heterocycles. The third-order valence-electron chi connectivity index (χ3n) is 3.69. The van der Waals surface area contributed by atoms with Crippen LogP contribution in [-0.2, 0) is 19.5 Å². The predicted octanol–water partition coefficient (Wildman–Crippen LogP) is 2.24. The Labute approximate surface area is 114 Å². The average molecular weight is 261 g/mol. The molecule has 0 saturated heterocycles. The SMILES string of the molecule is CN(C)c1cc(C(C)(C)C)cc2c1n(C)c(=O)n2C. The fourth-order valence-corrected chi connectivity index (χ4v) is 2.40. The van der Waals surface area contributed by atoms with Gasteiger partial charge in [-0.1, -0.05) is 20.8 Å². The van der Waals surface area contributed by atoms with E-state index >= 15 is 0 Å². The van der Waals surface area contributed by atoms with Gasteiger partial charge in [0.1, 0.15) is 0 Å². The second-order valence-electron chi connectivity index (χ2n) is 6.41. The van der Waals surface area contributed by atoms with E-state index in [0.717, 1.165) is 16.7 Å². The molecule has 2 rings (SSSR count). The van der Waals surface area contributed by atoms with E-state index < -0.39 is 0 Å². The third kappa shape index (κ3) is 2.05. The van der Waals surface area contributed by atoms with Crippen molar-refractivity contribution in [2.45, 2.75) is 26.2 Å². The van der Waals surface area contributed by atoms with Gasteiger partial charge < -0.3 is 4.90 Å². The molecule has 0 aliphatic carbocycles. The van der Waals surface area contributed by atoms with Crippen LogP contribution in [0.4, 0.5) is 5.69 Å². The summed E-state index contributed by atoms with van der Waals surface area (Å²) in [5.74, 6) is 0. The Balaban J connectivity index is 2.97. The van der Waals surface area contributed by atoms with Crippen LogP contribution >= 0.6 is 0 Å². The van der Waals surface area contributed by atoms with Crippen LogP contribution in [0.5, 0.6) is 0 Å². The first-order chi connectivity index (χ1) is 8.64. The second kappa shape index (κ2) is 4.15. The number of fused-ring (bicyclic) bond motifs is 1. The minimum atomic E-state index is 0.0177. The molecule has 1 heterocycles. The summed E-state index contributed by atoms with van der Waals surface area (Å²) in [5.41, 5.74) is 4.39. The van der Waals surface area contributed by atoms with Gasteiger partial charge in [-0.25, -0.2) is 4.79 Å². The zero-order valence-corrected chi connectivity index (χ0v) is 12.9. The lowest BCUT2D eigenvalue weighted by molar-refractivity contribution is 0.590. The van der Waals surface area contributed by atoms with Crippen LogP contribution in [0.2, 0.25) is 0 Å². The number of hydrogen-bond donors (Lipinski definition) is 0. The van der Waals surface area contributed by atoms with Crippen molar-refractivity contribution >= 4 is 16.7 Å². The summed E-state index contributed by atoms with van der Waals surface area (Å²) in [5, 5.41) is 0. The molecule has 0 fully saturated rings. The number of rotatable bonds is 1. The van der Waals surface area contributed by atoms with Gasteiger partial charge in [0.15, 0.2) is 0 Å². The zero-order valence-electron chi connectivity index (χ0n) is 12.9. The van der Waals surface area contributed by atoms with Crippen LogP contribution < -0.4 is 10.6 Å². The minimum Gasteiger partial charge on any atom is -0.376 e. The van der Waals surface area contributed by atoms with Gasteiger partial charge in [0.05, 0.1) is 16.7 Å². The van der Waals surface area contributed by atoms with Crippen molar-refractivity contribution in [2.75, 3.05) is 19.0 Å². The van der Waals surface area contributed by atoms with Gasteiger partial charge in [-0.2, -0.15) is 0 Å². The maximum atomic E-state index is 12.1. The van der Waals surface area contributed by atoms with E-state index in [0.29, 0.717) is 0 Å². The Morgan fingerprint density at radius 1 is 1.05 bits per heavy atom. The van der Waals surface area contributed by atoms with E-state index in [2.05, 4.69) is 37.8 Å². The highest BCUT2D eigenvalue weighted by Crippen LogP contribution is 2.32. The van der Waals surface area contributed by atoms with E-state index in [9.17, 15) is 4.79 Å². The van der Waals surface area contributed by atoms with Gasteiger partial charge >= 0.3 is 5.69 Å². The third-order valence-corrected chi connectivity index (χ3v) is 3.69. The van der Waals surface area contributed by atoms with Crippen LogP contribution in [-0.4, -0.2) is 23.2 Å². The fraction of sp³-hybridized carbons (Fsp3) is 0.533. The van der Waals surface area contributed by atoms with Crippen LogP contribution in [0.3, 0.4) is 0 Å². The molecule has 1 aromatic carbocycles. The Morgan fingerprint density at radius 3 is 2.11 bits per heavy atom. The molecule has 1 aromatic heterocycles. The maximum absolute atomic E-state index is 12.1. The number of imidazole rings is 1. The Hall–Kier alpha value is -1.71. The van der Waals surface area contributed by atoms with Gasteiger partial charge in [-0.3, -0.25) is 9.13 Å².